The number of ether oxygens (including phenoxy) is 2. The summed E-state index contributed by atoms with van der Waals surface area (Å²) < 4.78 is 37.7. The molecular formula is C24H35N5O7S. The molecule has 0 atom stereocenters. The van der Waals surface area contributed by atoms with Crippen molar-refractivity contribution in [3.8, 4) is 5.88 Å². The van der Waals surface area contributed by atoms with Gasteiger partial charge in [0.05, 0.1) is 36.9 Å². The highest BCUT2D eigenvalue weighted by Gasteiger charge is 2.43. The van der Waals surface area contributed by atoms with Crippen LogP contribution in [-0.4, -0.2) is 101 Å². The molecule has 2 saturated carbocycles. The van der Waals surface area contributed by atoms with E-state index in [1.807, 2.05) is 6.92 Å². The summed E-state index contributed by atoms with van der Waals surface area (Å²) in [4.78, 5) is 36.7. The van der Waals surface area contributed by atoms with Gasteiger partial charge in [0.1, 0.15) is 5.60 Å². The Bertz CT molecular complexity index is 1110. The third-order valence-corrected chi connectivity index (χ3v) is 9.57. The average molecular weight is 538 g/mol. The maximum Gasteiger partial charge on any atom is 0.410 e. The number of sulfonamides is 1. The Morgan fingerprint density at radius 1 is 1.11 bits per heavy atom. The number of likely N-dealkylation sites (tertiary alicyclic amines) is 1. The second-order valence-electron chi connectivity index (χ2n) is 10.9. The molecule has 2 aliphatic heterocycles. The van der Waals surface area contributed by atoms with Crippen LogP contribution in [0.15, 0.2) is 12.4 Å². The molecule has 2 amide bonds. The largest absolute Gasteiger partial charge is 0.476 e. The van der Waals surface area contributed by atoms with E-state index in [-0.39, 0.29) is 49.4 Å². The molecule has 3 heterocycles. The lowest BCUT2D eigenvalue weighted by molar-refractivity contribution is -0.120. The van der Waals surface area contributed by atoms with Gasteiger partial charge in [-0.25, -0.2) is 23.2 Å². The Morgan fingerprint density at radius 2 is 1.84 bits per heavy atom. The normalized spacial score (nSPS) is 23.6. The van der Waals surface area contributed by atoms with Gasteiger partial charge >= 0.3 is 6.09 Å². The van der Waals surface area contributed by atoms with Crippen LogP contribution >= 0.6 is 0 Å². The summed E-state index contributed by atoms with van der Waals surface area (Å²) in [7, 11) is -3.61. The number of carbonyl (C=O) groups excluding carboxylic acids is 2. The van der Waals surface area contributed by atoms with E-state index >= 15 is 0 Å². The summed E-state index contributed by atoms with van der Waals surface area (Å²) in [5, 5.41) is 9.93. The minimum absolute atomic E-state index is 0.162. The number of hydrogen-bond donors (Lipinski definition) is 1. The van der Waals surface area contributed by atoms with Gasteiger partial charge in [-0.3, -0.25) is 9.69 Å². The van der Waals surface area contributed by atoms with Crippen LogP contribution in [0.2, 0.25) is 0 Å². The van der Waals surface area contributed by atoms with Gasteiger partial charge in [-0.2, -0.15) is 4.31 Å². The number of rotatable bonds is 9. The van der Waals surface area contributed by atoms with E-state index < -0.39 is 15.6 Å². The van der Waals surface area contributed by atoms with E-state index in [0.717, 1.165) is 25.7 Å². The molecule has 2 aliphatic carbocycles. The highest BCUT2D eigenvalue weighted by atomic mass is 32.2. The zero-order valence-electron chi connectivity index (χ0n) is 21.2. The molecule has 5 rings (SSSR count). The zero-order valence-corrected chi connectivity index (χ0v) is 22.0. The summed E-state index contributed by atoms with van der Waals surface area (Å²) in [5.41, 5.74) is -1.12. The summed E-state index contributed by atoms with van der Waals surface area (Å²) in [6.45, 7) is 3.78. The van der Waals surface area contributed by atoms with Crippen molar-refractivity contribution in [2.45, 2.75) is 63.1 Å². The molecule has 204 valence electrons. The van der Waals surface area contributed by atoms with Gasteiger partial charge in [0.2, 0.25) is 21.8 Å². The number of piperazine rings is 1. The van der Waals surface area contributed by atoms with Crippen molar-refractivity contribution in [1.29, 1.82) is 0 Å². The minimum atomic E-state index is -3.61. The lowest BCUT2D eigenvalue weighted by atomic mass is 9.98. The second-order valence-corrected chi connectivity index (χ2v) is 13.0. The molecule has 4 fully saturated rings. The predicted molar refractivity (Wildman–Crippen MR) is 132 cm³/mol. The second kappa shape index (κ2) is 9.99. The SMILES string of the molecule is CC1(OC(=O)N2CCC(COc3cnc(N4CCN(S(=O)(=O)CCC5(O)CC5)CC4=O)cn3)CC2)CC1. The molecule has 13 heteroatoms. The smallest absolute Gasteiger partial charge is 0.410 e. The molecule has 2 saturated heterocycles. The molecule has 12 nitrogen and oxygen atoms in total. The summed E-state index contributed by atoms with van der Waals surface area (Å²) in [6, 6.07) is 0. The van der Waals surface area contributed by atoms with Crippen LogP contribution in [0.5, 0.6) is 5.88 Å². The molecular weight excluding hydrogens is 502 g/mol. The standard InChI is InChI=1S/C24H35N5O7S/c1-23(4-5-23)36-22(31)27-9-2-18(3-10-27)17-35-20-15-25-19(14-26-20)29-12-11-28(16-21(29)30)37(33,34)13-8-24(32)6-7-24/h14-15,18,32H,2-13,16-17H2,1H3. The molecule has 0 spiro atoms. The first-order valence-corrected chi connectivity index (χ1v) is 14.6. The van der Waals surface area contributed by atoms with Crippen LogP contribution in [0.3, 0.4) is 0 Å². The molecule has 4 aliphatic rings. The van der Waals surface area contributed by atoms with Gasteiger partial charge < -0.3 is 19.5 Å². The number of aromatic nitrogens is 2. The number of hydrogen-bond acceptors (Lipinski definition) is 9. The van der Waals surface area contributed by atoms with Crippen LogP contribution in [0.4, 0.5) is 10.6 Å². The van der Waals surface area contributed by atoms with Crippen LogP contribution in [0.1, 0.15) is 51.9 Å². The van der Waals surface area contributed by atoms with Crippen molar-refractivity contribution >= 4 is 27.8 Å². The average Bonchev–Trinajstić information content (AvgIpc) is 3.81. The van der Waals surface area contributed by atoms with Gasteiger partial charge in [-0.15, -0.1) is 0 Å². The maximum atomic E-state index is 12.7. The third-order valence-electron chi connectivity index (χ3n) is 7.75. The van der Waals surface area contributed by atoms with Crippen LogP contribution in [-0.2, 0) is 19.6 Å². The first-order valence-electron chi connectivity index (χ1n) is 13.0. The molecule has 0 aromatic carbocycles. The van der Waals surface area contributed by atoms with Crippen molar-refractivity contribution in [2.75, 3.05) is 50.0 Å². The summed E-state index contributed by atoms with van der Waals surface area (Å²) >= 11 is 0. The Morgan fingerprint density at radius 3 is 2.43 bits per heavy atom. The fourth-order valence-corrected chi connectivity index (χ4v) is 6.10. The fraction of sp³-hybridized carbons (Fsp3) is 0.750. The Kier molecular flexibility index (Phi) is 7.05. The molecule has 0 radical (unpaired) electrons. The highest BCUT2D eigenvalue weighted by molar-refractivity contribution is 7.89. The number of carbonyl (C=O) groups is 2. The lowest BCUT2D eigenvalue weighted by Gasteiger charge is -2.33. The van der Waals surface area contributed by atoms with Gasteiger partial charge in [-0.05, 0) is 57.8 Å². The number of piperidine rings is 1. The van der Waals surface area contributed by atoms with Crippen LogP contribution < -0.4 is 9.64 Å². The van der Waals surface area contributed by atoms with Crippen molar-refractivity contribution in [3.05, 3.63) is 12.4 Å². The van der Waals surface area contributed by atoms with Crippen LogP contribution in [0, 0.1) is 5.92 Å². The molecule has 1 aromatic heterocycles. The number of anilines is 1. The summed E-state index contributed by atoms with van der Waals surface area (Å²) in [6.07, 6.45) is 7.64. The predicted octanol–water partition coefficient (Wildman–Crippen LogP) is 1.15. The quantitative estimate of drug-likeness (QED) is 0.491. The van der Waals surface area contributed by atoms with E-state index in [1.54, 1.807) is 4.90 Å². The highest BCUT2D eigenvalue weighted by Crippen LogP contribution is 2.40. The van der Waals surface area contributed by atoms with Gasteiger partial charge in [-0.1, -0.05) is 0 Å². The molecule has 37 heavy (non-hydrogen) atoms. The van der Waals surface area contributed by atoms with Gasteiger partial charge in [0, 0.05) is 26.2 Å². The monoisotopic (exact) mass is 537 g/mol. The molecule has 1 aromatic rings. The number of nitrogens with zero attached hydrogens (tertiary/aromatic N) is 5. The minimum Gasteiger partial charge on any atom is -0.476 e. The Hall–Kier alpha value is -2.51. The molecule has 0 bridgehead atoms. The zero-order chi connectivity index (χ0) is 26.3. The molecule has 1 N–H and O–H groups in total. The van der Waals surface area contributed by atoms with Crippen molar-refractivity contribution in [1.82, 2.24) is 19.2 Å². The van der Waals surface area contributed by atoms with Crippen LogP contribution in [0.25, 0.3) is 0 Å². The maximum absolute atomic E-state index is 12.7. The number of aliphatic hydroxyl groups is 1. The summed E-state index contributed by atoms with van der Waals surface area (Å²) in [5.74, 6) is 0.450. The van der Waals surface area contributed by atoms with Gasteiger partial charge in [0.15, 0.2) is 5.82 Å². The van der Waals surface area contributed by atoms with Crippen molar-refractivity contribution in [2.24, 2.45) is 5.92 Å². The topological polar surface area (TPSA) is 142 Å². The lowest BCUT2D eigenvalue weighted by Crippen LogP contribution is -2.53. The molecule has 0 unspecified atom stereocenters. The van der Waals surface area contributed by atoms with E-state index in [4.69, 9.17) is 9.47 Å². The Balaban J connectivity index is 1.05. The first kappa shape index (κ1) is 26.1. The van der Waals surface area contributed by atoms with Crippen molar-refractivity contribution < 1.29 is 32.6 Å². The first-order chi connectivity index (χ1) is 17.5. The van der Waals surface area contributed by atoms with E-state index in [1.165, 1.54) is 21.6 Å². The third kappa shape index (κ3) is 6.50. The van der Waals surface area contributed by atoms with E-state index in [2.05, 4.69) is 9.97 Å². The van der Waals surface area contributed by atoms with Gasteiger partial charge in [0.25, 0.3) is 0 Å². The van der Waals surface area contributed by atoms with E-state index in [9.17, 15) is 23.1 Å². The Labute approximate surface area is 217 Å². The van der Waals surface area contributed by atoms with Crippen molar-refractivity contribution in [3.63, 3.8) is 0 Å². The number of amides is 2. The fourth-order valence-electron chi connectivity index (χ4n) is 4.54. The van der Waals surface area contributed by atoms with E-state index in [0.29, 0.717) is 50.2 Å².